The number of allylic oxidation sites excluding steroid dienone is 6. The average molecular weight is 343 g/mol. The quantitative estimate of drug-likeness (QED) is 0.689. The van der Waals surface area contributed by atoms with E-state index in [0.29, 0.717) is 5.92 Å². The fourth-order valence-corrected chi connectivity index (χ4v) is 4.22. The summed E-state index contributed by atoms with van der Waals surface area (Å²) in [6.45, 7) is 4.50. The van der Waals surface area contributed by atoms with Crippen molar-refractivity contribution in [2.45, 2.75) is 33.1 Å². The summed E-state index contributed by atoms with van der Waals surface area (Å²) in [5.41, 5.74) is 6.24. The highest BCUT2D eigenvalue weighted by Gasteiger charge is 2.38. The van der Waals surface area contributed by atoms with Crippen LogP contribution in [-0.2, 0) is 0 Å². The zero-order chi connectivity index (χ0) is 18.9. The van der Waals surface area contributed by atoms with Gasteiger partial charge in [-0.3, -0.25) is 0 Å². The monoisotopic (exact) mass is 343 g/mol. The van der Waals surface area contributed by atoms with E-state index in [1.54, 1.807) is 0 Å². The molecule has 3 heteroatoms. The molecule has 2 aliphatic carbocycles. The van der Waals surface area contributed by atoms with E-state index in [4.69, 9.17) is 0 Å². The average Bonchev–Trinajstić information content (AvgIpc) is 2.62. The molecule has 0 amide bonds. The Morgan fingerprint density at radius 3 is 2.31 bits per heavy atom. The van der Waals surface area contributed by atoms with Gasteiger partial charge in [0.25, 0.3) is 0 Å². The first-order chi connectivity index (χ1) is 12.4. The summed E-state index contributed by atoms with van der Waals surface area (Å²) in [4.78, 5) is 2.10. The van der Waals surface area contributed by atoms with Crippen LogP contribution in [0.25, 0.3) is 5.57 Å². The van der Waals surface area contributed by atoms with Crippen LogP contribution in [0.1, 0.15) is 38.7 Å². The zero-order valence-electron chi connectivity index (χ0n) is 16.0. The van der Waals surface area contributed by atoms with E-state index < -0.39 is 0 Å². The number of anilines is 1. The van der Waals surface area contributed by atoms with Crippen molar-refractivity contribution < 1.29 is 0 Å². The Kier molecular flexibility index (Phi) is 4.75. The molecule has 132 valence electrons. The Balaban J connectivity index is 2.02. The maximum atomic E-state index is 9.27. The summed E-state index contributed by atoms with van der Waals surface area (Å²) in [6, 6.07) is 12.8. The maximum absolute atomic E-state index is 9.27. The molecule has 26 heavy (non-hydrogen) atoms. The van der Waals surface area contributed by atoms with Crippen LogP contribution in [0.2, 0.25) is 0 Å². The Hall–Kier alpha value is -2.78. The Morgan fingerprint density at radius 2 is 1.73 bits per heavy atom. The van der Waals surface area contributed by atoms with Crippen LogP contribution in [0.3, 0.4) is 0 Å². The Bertz CT molecular complexity index is 865. The number of nitrogens with zero attached hydrogens (tertiary/aromatic N) is 3. The van der Waals surface area contributed by atoms with Gasteiger partial charge in [-0.1, -0.05) is 38.1 Å². The number of fused-ring (bicyclic) bond motifs is 1. The second-order valence-electron chi connectivity index (χ2n) is 8.14. The van der Waals surface area contributed by atoms with Crippen LogP contribution < -0.4 is 4.90 Å². The smallest absolute Gasteiger partial charge is 0.132 e. The molecule has 0 heterocycles. The zero-order valence-corrected chi connectivity index (χ0v) is 16.0. The lowest BCUT2D eigenvalue weighted by Crippen LogP contribution is -2.31. The number of nitriles is 2. The highest BCUT2D eigenvalue weighted by atomic mass is 15.1. The van der Waals surface area contributed by atoms with E-state index in [0.717, 1.165) is 24.8 Å². The minimum Gasteiger partial charge on any atom is -0.378 e. The SMILES string of the molecule is CN(C)c1ccc(C2=CC3=CC(=C(C#N)C#N)CC(C)(C)C3CC2)cc1. The fourth-order valence-electron chi connectivity index (χ4n) is 4.22. The number of hydrogen-bond donors (Lipinski definition) is 0. The molecule has 1 unspecified atom stereocenters. The molecule has 0 aliphatic heterocycles. The third-order valence-electron chi connectivity index (χ3n) is 5.68. The summed E-state index contributed by atoms with van der Waals surface area (Å²) < 4.78 is 0. The van der Waals surface area contributed by atoms with E-state index >= 15 is 0 Å². The van der Waals surface area contributed by atoms with Crippen molar-refractivity contribution >= 4 is 11.3 Å². The van der Waals surface area contributed by atoms with E-state index in [2.05, 4.69) is 67.3 Å². The molecule has 1 aromatic carbocycles. The van der Waals surface area contributed by atoms with Crippen molar-refractivity contribution in [1.82, 2.24) is 0 Å². The molecular formula is C23H25N3. The summed E-state index contributed by atoms with van der Waals surface area (Å²) in [5.74, 6) is 0.481. The van der Waals surface area contributed by atoms with E-state index in [1.165, 1.54) is 22.4 Å². The van der Waals surface area contributed by atoms with E-state index in [1.807, 2.05) is 14.1 Å². The second kappa shape index (κ2) is 6.85. The molecule has 0 N–H and O–H groups in total. The third-order valence-corrected chi connectivity index (χ3v) is 5.68. The van der Waals surface area contributed by atoms with Crippen LogP contribution in [0.15, 0.2) is 53.1 Å². The van der Waals surface area contributed by atoms with Crippen molar-refractivity contribution in [3.05, 3.63) is 58.7 Å². The van der Waals surface area contributed by atoms with Gasteiger partial charge in [0.05, 0.1) is 0 Å². The summed E-state index contributed by atoms with van der Waals surface area (Å²) >= 11 is 0. The predicted octanol–water partition coefficient (Wildman–Crippen LogP) is 5.25. The molecule has 3 rings (SSSR count). The fraction of sp³-hybridized carbons (Fsp3) is 0.391. The first-order valence-electron chi connectivity index (χ1n) is 9.09. The topological polar surface area (TPSA) is 50.8 Å². The normalized spacial score (nSPS) is 20.8. The number of hydrogen-bond acceptors (Lipinski definition) is 3. The van der Waals surface area contributed by atoms with Crippen molar-refractivity contribution in [3.63, 3.8) is 0 Å². The van der Waals surface area contributed by atoms with Crippen molar-refractivity contribution in [2.75, 3.05) is 19.0 Å². The molecule has 1 aromatic rings. The molecule has 1 atom stereocenters. The minimum absolute atomic E-state index is 0.0647. The van der Waals surface area contributed by atoms with Crippen LogP contribution in [0, 0.1) is 34.0 Å². The molecule has 0 saturated heterocycles. The maximum Gasteiger partial charge on any atom is 0.132 e. The van der Waals surface area contributed by atoms with Gasteiger partial charge in [0.15, 0.2) is 0 Å². The van der Waals surface area contributed by atoms with Crippen molar-refractivity contribution in [2.24, 2.45) is 11.3 Å². The lowest BCUT2D eigenvalue weighted by atomic mass is 9.62. The molecule has 0 radical (unpaired) electrons. The summed E-state index contributed by atoms with van der Waals surface area (Å²) in [7, 11) is 4.09. The standard InChI is InChI=1S/C23H25N3/c1-23(2)13-19(20(14-24)15-25)12-18-11-17(7-10-22(18)23)16-5-8-21(9-6-16)26(3)4/h5-6,8-9,11-12,22H,7,10,13H2,1-4H3. The van der Waals surface area contributed by atoms with E-state index in [9.17, 15) is 10.5 Å². The van der Waals surface area contributed by atoms with Gasteiger partial charge in [0.2, 0.25) is 0 Å². The van der Waals surface area contributed by atoms with Gasteiger partial charge in [0, 0.05) is 19.8 Å². The molecule has 0 aromatic heterocycles. The largest absolute Gasteiger partial charge is 0.378 e. The predicted molar refractivity (Wildman–Crippen MR) is 106 cm³/mol. The third kappa shape index (κ3) is 3.31. The van der Waals surface area contributed by atoms with Gasteiger partial charge in [-0.2, -0.15) is 10.5 Å². The Labute approximate surface area is 156 Å². The van der Waals surface area contributed by atoms with Crippen LogP contribution in [0.5, 0.6) is 0 Å². The molecule has 3 nitrogen and oxygen atoms in total. The molecule has 2 aliphatic rings. The Morgan fingerprint density at radius 1 is 1.08 bits per heavy atom. The molecule has 0 saturated carbocycles. The van der Waals surface area contributed by atoms with Gasteiger partial charge >= 0.3 is 0 Å². The van der Waals surface area contributed by atoms with Gasteiger partial charge in [-0.05, 0) is 65.0 Å². The molecule has 0 fully saturated rings. The lowest BCUT2D eigenvalue weighted by molar-refractivity contribution is 0.227. The van der Waals surface area contributed by atoms with Crippen LogP contribution in [0.4, 0.5) is 5.69 Å². The highest BCUT2D eigenvalue weighted by molar-refractivity contribution is 5.72. The number of benzene rings is 1. The van der Waals surface area contributed by atoms with Crippen molar-refractivity contribution in [1.29, 1.82) is 10.5 Å². The van der Waals surface area contributed by atoms with Crippen LogP contribution in [-0.4, -0.2) is 14.1 Å². The molecule has 0 bridgehead atoms. The summed E-state index contributed by atoms with van der Waals surface area (Å²) in [6.07, 6.45) is 7.34. The first kappa shape index (κ1) is 18.0. The van der Waals surface area contributed by atoms with Gasteiger partial charge in [-0.15, -0.1) is 0 Å². The first-order valence-corrected chi connectivity index (χ1v) is 9.09. The van der Waals surface area contributed by atoms with Crippen molar-refractivity contribution in [3.8, 4) is 12.1 Å². The van der Waals surface area contributed by atoms with Gasteiger partial charge < -0.3 is 4.90 Å². The van der Waals surface area contributed by atoms with Crippen LogP contribution >= 0.6 is 0 Å². The van der Waals surface area contributed by atoms with E-state index in [-0.39, 0.29) is 11.0 Å². The molecule has 0 spiro atoms. The highest BCUT2D eigenvalue weighted by Crippen LogP contribution is 2.50. The lowest BCUT2D eigenvalue weighted by Gasteiger charge is -2.42. The second-order valence-corrected chi connectivity index (χ2v) is 8.14. The minimum atomic E-state index is 0.0647. The van der Waals surface area contributed by atoms with Gasteiger partial charge in [0.1, 0.15) is 17.7 Å². The van der Waals surface area contributed by atoms with Gasteiger partial charge in [-0.25, -0.2) is 0 Å². The number of rotatable bonds is 2. The molecular weight excluding hydrogens is 318 g/mol. The summed E-state index contributed by atoms with van der Waals surface area (Å²) in [5, 5.41) is 18.5.